The van der Waals surface area contributed by atoms with Gasteiger partial charge in [-0.2, -0.15) is 0 Å². The van der Waals surface area contributed by atoms with Crippen LogP contribution in [-0.2, 0) is 19.1 Å². The van der Waals surface area contributed by atoms with E-state index in [0.29, 0.717) is 0 Å². The zero-order valence-electron chi connectivity index (χ0n) is 10.4. The summed E-state index contributed by atoms with van der Waals surface area (Å²) in [4.78, 5) is 23.5. The maximum Gasteiger partial charge on any atom is 0.333 e. The van der Waals surface area contributed by atoms with E-state index in [9.17, 15) is 14.7 Å². The van der Waals surface area contributed by atoms with E-state index in [2.05, 4.69) is 11.3 Å². The molecule has 0 spiro atoms. The Labute approximate surface area is 101 Å². The fraction of sp³-hybridized carbons (Fsp3) is 0.636. The van der Waals surface area contributed by atoms with Gasteiger partial charge in [-0.3, -0.25) is 9.69 Å². The monoisotopic (exact) mass is 245 g/mol. The third kappa shape index (κ3) is 7.48. The molecule has 0 bridgehead atoms. The van der Waals surface area contributed by atoms with Crippen molar-refractivity contribution in [3.63, 3.8) is 0 Å². The van der Waals surface area contributed by atoms with Crippen molar-refractivity contribution in [1.29, 1.82) is 0 Å². The number of carbonyl (C=O) groups excluding carboxylic acids is 2. The van der Waals surface area contributed by atoms with E-state index in [-0.39, 0.29) is 25.3 Å². The first-order chi connectivity index (χ1) is 7.86. The van der Waals surface area contributed by atoms with Gasteiger partial charge in [0.25, 0.3) is 0 Å². The zero-order valence-corrected chi connectivity index (χ0v) is 10.4. The van der Waals surface area contributed by atoms with Gasteiger partial charge in [0.15, 0.2) is 0 Å². The van der Waals surface area contributed by atoms with E-state index < -0.39 is 18.0 Å². The maximum atomic E-state index is 11.0. The summed E-state index contributed by atoms with van der Waals surface area (Å²) in [6, 6.07) is 0. The number of hydrogen-bond acceptors (Lipinski definition) is 6. The van der Waals surface area contributed by atoms with Crippen LogP contribution >= 0.6 is 0 Å². The molecule has 0 aromatic carbocycles. The minimum Gasteiger partial charge on any atom is -0.468 e. The van der Waals surface area contributed by atoms with Crippen LogP contribution in [0.25, 0.3) is 0 Å². The molecule has 1 N–H and O–H groups in total. The molecule has 1 atom stereocenters. The molecular formula is C11H19NO5. The highest BCUT2D eigenvalue weighted by atomic mass is 16.5. The average Bonchev–Trinajstić information content (AvgIpc) is 2.25. The Kier molecular flexibility index (Phi) is 7.16. The summed E-state index contributed by atoms with van der Waals surface area (Å²) in [7, 11) is 2.95. The van der Waals surface area contributed by atoms with Gasteiger partial charge in [0.1, 0.15) is 12.7 Å². The number of methoxy groups -OCH3 is 1. The van der Waals surface area contributed by atoms with Crippen molar-refractivity contribution < 1.29 is 24.2 Å². The predicted octanol–water partition coefficient (Wildman–Crippen LogP) is -0.429. The Bertz CT molecular complexity index is 290. The molecule has 17 heavy (non-hydrogen) atoms. The largest absolute Gasteiger partial charge is 0.468 e. The SMILES string of the molecule is C=C(C)C(=O)OCC(O)CN(C)CC(=O)OC. The molecule has 0 rings (SSSR count). The predicted molar refractivity (Wildman–Crippen MR) is 61.3 cm³/mol. The van der Waals surface area contributed by atoms with E-state index in [1.807, 2.05) is 0 Å². The number of hydrogen-bond donors (Lipinski definition) is 1. The standard InChI is InChI=1S/C11H19NO5/c1-8(2)11(15)17-7-9(13)5-12(3)6-10(14)16-4/h9,13H,1,5-7H2,2-4H3. The molecular weight excluding hydrogens is 226 g/mol. The highest BCUT2D eigenvalue weighted by Gasteiger charge is 2.13. The molecule has 0 saturated heterocycles. The Morgan fingerprint density at radius 3 is 2.53 bits per heavy atom. The average molecular weight is 245 g/mol. The minimum atomic E-state index is -0.854. The molecule has 0 fully saturated rings. The van der Waals surface area contributed by atoms with Crippen LogP contribution in [0.3, 0.4) is 0 Å². The summed E-state index contributed by atoms with van der Waals surface area (Å²) in [6.45, 7) is 5.09. The second-order valence-corrected chi connectivity index (χ2v) is 3.81. The minimum absolute atomic E-state index is 0.0714. The van der Waals surface area contributed by atoms with Gasteiger partial charge in [-0.05, 0) is 14.0 Å². The quantitative estimate of drug-likeness (QED) is 0.484. The summed E-state index contributed by atoms with van der Waals surface area (Å²) in [5, 5.41) is 9.54. The molecule has 0 aromatic heterocycles. The van der Waals surface area contributed by atoms with Crippen molar-refractivity contribution >= 4 is 11.9 Å². The second-order valence-electron chi connectivity index (χ2n) is 3.81. The molecule has 0 heterocycles. The molecule has 0 aromatic rings. The molecule has 6 heteroatoms. The maximum absolute atomic E-state index is 11.0. The van der Waals surface area contributed by atoms with E-state index in [0.717, 1.165) is 0 Å². The highest BCUT2D eigenvalue weighted by Crippen LogP contribution is 1.96. The van der Waals surface area contributed by atoms with E-state index in [1.165, 1.54) is 14.0 Å². The van der Waals surface area contributed by atoms with Crippen LogP contribution in [0.5, 0.6) is 0 Å². The Balaban J connectivity index is 3.85. The summed E-state index contributed by atoms with van der Waals surface area (Å²) < 4.78 is 9.24. The number of esters is 2. The molecule has 1 unspecified atom stereocenters. The van der Waals surface area contributed by atoms with Crippen molar-refractivity contribution in [2.24, 2.45) is 0 Å². The van der Waals surface area contributed by atoms with Gasteiger partial charge in [0, 0.05) is 12.1 Å². The molecule has 0 aliphatic heterocycles. The highest BCUT2D eigenvalue weighted by molar-refractivity contribution is 5.86. The molecule has 98 valence electrons. The number of aliphatic hydroxyl groups excluding tert-OH is 1. The fourth-order valence-corrected chi connectivity index (χ4v) is 1.06. The molecule has 0 saturated carbocycles. The molecule has 0 aliphatic carbocycles. The smallest absolute Gasteiger partial charge is 0.333 e. The lowest BCUT2D eigenvalue weighted by molar-refractivity contribution is -0.144. The van der Waals surface area contributed by atoms with Gasteiger partial charge in [0.05, 0.1) is 13.7 Å². The fourth-order valence-electron chi connectivity index (χ4n) is 1.06. The van der Waals surface area contributed by atoms with Gasteiger partial charge in [-0.1, -0.05) is 6.58 Å². The number of aliphatic hydroxyl groups is 1. The summed E-state index contributed by atoms with van der Waals surface area (Å²) in [6.07, 6.45) is -0.854. The van der Waals surface area contributed by atoms with Gasteiger partial charge < -0.3 is 14.6 Å². The van der Waals surface area contributed by atoms with Gasteiger partial charge in [-0.15, -0.1) is 0 Å². The topological polar surface area (TPSA) is 76.1 Å². The van der Waals surface area contributed by atoms with Crippen LogP contribution in [0.4, 0.5) is 0 Å². The molecule has 0 radical (unpaired) electrons. The number of ether oxygens (including phenoxy) is 2. The second kappa shape index (κ2) is 7.81. The van der Waals surface area contributed by atoms with Crippen molar-refractivity contribution in [3.05, 3.63) is 12.2 Å². The molecule has 0 aliphatic rings. The van der Waals surface area contributed by atoms with Crippen molar-refractivity contribution in [2.75, 3.05) is 33.9 Å². The van der Waals surface area contributed by atoms with Crippen LogP contribution < -0.4 is 0 Å². The van der Waals surface area contributed by atoms with Crippen molar-refractivity contribution in [2.45, 2.75) is 13.0 Å². The van der Waals surface area contributed by atoms with Crippen LogP contribution in [0.2, 0.25) is 0 Å². The number of nitrogens with zero attached hydrogens (tertiary/aromatic N) is 1. The normalized spacial score (nSPS) is 12.1. The zero-order chi connectivity index (χ0) is 13.4. The van der Waals surface area contributed by atoms with Crippen LogP contribution in [0.15, 0.2) is 12.2 Å². The first-order valence-corrected chi connectivity index (χ1v) is 5.12. The first-order valence-electron chi connectivity index (χ1n) is 5.12. The first kappa shape index (κ1) is 15.6. The lowest BCUT2D eigenvalue weighted by Gasteiger charge is -2.19. The van der Waals surface area contributed by atoms with Crippen LogP contribution in [0.1, 0.15) is 6.92 Å². The Morgan fingerprint density at radius 2 is 2.06 bits per heavy atom. The third-order valence-corrected chi connectivity index (χ3v) is 1.90. The molecule has 6 nitrogen and oxygen atoms in total. The van der Waals surface area contributed by atoms with Gasteiger partial charge in [-0.25, -0.2) is 4.79 Å². The Hall–Kier alpha value is -1.40. The number of rotatable bonds is 7. The Morgan fingerprint density at radius 1 is 1.47 bits per heavy atom. The van der Waals surface area contributed by atoms with Crippen molar-refractivity contribution in [3.8, 4) is 0 Å². The van der Waals surface area contributed by atoms with E-state index in [1.54, 1.807) is 11.9 Å². The van der Waals surface area contributed by atoms with Crippen LogP contribution in [-0.4, -0.2) is 61.9 Å². The third-order valence-electron chi connectivity index (χ3n) is 1.90. The lowest BCUT2D eigenvalue weighted by Crippen LogP contribution is -2.36. The molecule has 0 amide bonds. The van der Waals surface area contributed by atoms with E-state index in [4.69, 9.17) is 4.74 Å². The summed E-state index contributed by atoms with van der Waals surface area (Å²) in [5.41, 5.74) is 0.278. The number of likely N-dealkylation sites (N-methyl/N-ethyl adjacent to an activating group) is 1. The van der Waals surface area contributed by atoms with Gasteiger partial charge in [0.2, 0.25) is 0 Å². The van der Waals surface area contributed by atoms with Crippen LogP contribution in [0, 0.1) is 0 Å². The number of carbonyl (C=O) groups is 2. The lowest BCUT2D eigenvalue weighted by atomic mass is 10.3. The van der Waals surface area contributed by atoms with Crippen molar-refractivity contribution in [1.82, 2.24) is 4.90 Å². The summed E-state index contributed by atoms with van der Waals surface area (Å²) in [5.74, 6) is -0.932. The van der Waals surface area contributed by atoms with E-state index >= 15 is 0 Å². The summed E-state index contributed by atoms with van der Waals surface area (Å²) >= 11 is 0. The van der Waals surface area contributed by atoms with Gasteiger partial charge >= 0.3 is 11.9 Å².